The lowest BCUT2D eigenvalue weighted by Crippen LogP contribution is -2.08. The summed E-state index contributed by atoms with van der Waals surface area (Å²) in [6, 6.07) is 13.6. The van der Waals surface area contributed by atoms with Crippen molar-refractivity contribution in [2.24, 2.45) is 0 Å². The van der Waals surface area contributed by atoms with E-state index >= 15 is 0 Å². The Bertz CT molecular complexity index is 532. The summed E-state index contributed by atoms with van der Waals surface area (Å²) in [6.07, 6.45) is -4.31. The van der Waals surface area contributed by atoms with Gasteiger partial charge in [0.25, 0.3) is 0 Å². The van der Waals surface area contributed by atoms with Gasteiger partial charge in [-0.05, 0) is 28.8 Å². The van der Waals surface area contributed by atoms with Crippen molar-refractivity contribution in [2.45, 2.75) is 11.5 Å². The van der Waals surface area contributed by atoms with Crippen LogP contribution in [0.4, 0.5) is 13.2 Å². The Balaban J connectivity index is 2.49. The second kappa shape index (κ2) is 5.14. The lowest BCUT2D eigenvalue weighted by atomic mass is 10.00. The van der Waals surface area contributed by atoms with Gasteiger partial charge in [-0.15, -0.1) is 0 Å². The molecule has 0 saturated carbocycles. The molecule has 0 aliphatic heterocycles. The third kappa shape index (κ3) is 2.75. The summed E-state index contributed by atoms with van der Waals surface area (Å²) in [5.74, 6) is 0. The highest BCUT2D eigenvalue weighted by Gasteiger charge is 2.32. The minimum atomic E-state index is -4.31. The number of rotatable bonds is 2. The summed E-state index contributed by atoms with van der Waals surface area (Å²) >= 11 is 3.11. The summed E-state index contributed by atoms with van der Waals surface area (Å²) in [4.78, 5) is 0. The van der Waals surface area contributed by atoms with Crippen molar-refractivity contribution in [2.75, 3.05) is 0 Å². The third-order valence-corrected chi connectivity index (χ3v) is 3.27. The monoisotopic (exact) mass is 314 g/mol. The van der Waals surface area contributed by atoms with Crippen LogP contribution in [0.3, 0.4) is 0 Å². The van der Waals surface area contributed by atoms with Crippen molar-refractivity contribution >= 4 is 15.9 Å². The molecule has 4 heteroatoms. The van der Waals surface area contributed by atoms with Gasteiger partial charge in [-0.2, -0.15) is 13.2 Å². The summed E-state index contributed by atoms with van der Waals surface area (Å²) in [7, 11) is 0. The van der Waals surface area contributed by atoms with Gasteiger partial charge < -0.3 is 0 Å². The molecule has 0 nitrogen and oxygen atoms in total. The summed E-state index contributed by atoms with van der Waals surface area (Å²) in [6.45, 7) is 0. The molecule has 0 radical (unpaired) electrons. The Hall–Kier alpha value is -1.29. The van der Waals surface area contributed by atoms with Crippen LogP contribution in [0, 0.1) is 0 Å². The predicted molar refractivity (Wildman–Crippen MR) is 69.5 cm³/mol. The molecule has 0 saturated heterocycles. The van der Waals surface area contributed by atoms with Gasteiger partial charge in [0.2, 0.25) is 0 Å². The molecule has 0 N–H and O–H groups in total. The Kier molecular flexibility index (Phi) is 3.76. The maximum Gasteiger partial charge on any atom is 0.416 e. The highest BCUT2D eigenvalue weighted by molar-refractivity contribution is 9.08. The Labute approximate surface area is 112 Å². The molecule has 2 aromatic rings. The molecule has 0 fully saturated rings. The molecule has 2 aromatic carbocycles. The average molecular weight is 315 g/mol. The molecule has 0 unspecified atom stereocenters. The van der Waals surface area contributed by atoms with Gasteiger partial charge in [0.15, 0.2) is 0 Å². The quantitative estimate of drug-likeness (QED) is 0.663. The van der Waals surface area contributed by atoms with Gasteiger partial charge in [0.05, 0.1) is 5.56 Å². The van der Waals surface area contributed by atoms with Gasteiger partial charge in [-0.1, -0.05) is 52.3 Å². The molecule has 94 valence electrons. The highest BCUT2D eigenvalue weighted by atomic mass is 79.9. The van der Waals surface area contributed by atoms with Crippen LogP contribution in [0.15, 0.2) is 48.5 Å². The molecule has 0 aromatic heterocycles. The van der Waals surface area contributed by atoms with E-state index in [2.05, 4.69) is 15.9 Å². The molecule has 0 amide bonds. The first-order chi connectivity index (χ1) is 8.52. The van der Waals surface area contributed by atoms with Crippen LogP contribution in [-0.2, 0) is 11.5 Å². The van der Waals surface area contributed by atoms with Crippen LogP contribution in [0.1, 0.15) is 11.1 Å². The number of benzene rings is 2. The van der Waals surface area contributed by atoms with Gasteiger partial charge in [0, 0.05) is 5.33 Å². The first-order valence-corrected chi connectivity index (χ1v) is 6.46. The van der Waals surface area contributed by atoms with Gasteiger partial charge in [-0.3, -0.25) is 0 Å². The van der Waals surface area contributed by atoms with Crippen molar-refractivity contribution in [3.8, 4) is 11.1 Å². The zero-order valence-electron chi connectivity index (χ0n) is 9.34. The minimum absolute atomic E-state index is 0.183. The molecule has 0 aliphatic rings. The molecule has 2 rings (SSSR count). The fourth-order valence-electron chi connectivity index (χ4n) is 1.79. The summed E-state index contributed by atoms with van der Waals surface area (Å²) in [5, 5.41) is 0.183. The fourth-order valence-corrected chi connectivity index (χ4v) is 2.25. The third-order valence-electron chi connectivity index (χ3n) is 2.66. The van der Waals surface area contributed by atoms with E-state index in [-0.39, 0.29) is 10.9 Å². The lowest BCUT2D eigenvalue weighted by molar-refractivity contribution is -0.138. The van der Waals surface area contributed by atoms with Crippen LogP contribution in [0.5, 0.6) is 0 Å². The van der Waals surface area contributed by atoms with Crippen LogP contribution in [-0.4, -0.2) is 0 Å². The van der Waals surface area contributed by atoms with E-state index in [0.29, 0.717) is 0 Å². The topological polar surface area (TPSA) is 0 Å². The van der Waals surface area contributed by atoms with Crippen LogP contribution < -0.4 is 0 Å². The van der Waals surface area contributed by atoms with Crippen molar-refractivity contribution < 1.29 is 13.2 Å². The molecule has 0 heterocycles. The number of alkyl halides is 4. The molecule has 0 atom stereocenters. The van der Waals surface area contributed by atoms with Crippen molar-refractivity contribution in [3.63, 3.8) is 0 Å². The molecule has 0 spiro atoms. The second-order valence-electron chi connectivity index (χ2n) is 3.87. The standard InChI is InChI=1S/C14H10BrF3/c15-9-12-8-11(10-4-2-1-3-5-10)6-7-13(12)14(16,17)18/h1-8H,9H2. The highest BCUT2D eigenvalue weighted by Crippen LogP contribution is 2.35. The van der Waals surface area contributed by atoms with E-state index in [1.54, 1.807) is 6.07 Å². The molecule has 18 heavy (non-hydrogen) atoms. The lowest BCUT2D eigenvalue weighted by Gasteiger charge is -2.13. The molecule has 0 aliphatic carbocycles. The van der Waals surface area contributed by atoms with Crippen molar-refractivity contribution in [1.82, 2.24) is 0 Å². The van der Waals surface area contributed by atoms with Gasteiger partial charge in [-0.25, -0.2) is 0 Å². The number of halogens is 4. The van der Waals surface area contributed by atoms with E-state index in [0.717, 1.165) is 17.2 Å². The normalized spacial score (nSPS) is 11.6. The zero-order valence-corrected chi connectivity index (χ0v) is 10.9. The minimum Gasteiger partial charge on any atom is -0.166 e. The maximum absolute atomic E-state index is 12.7. The van der Waals surface area contributed by atoms with E-state index in [9.17, 15) is 13.2 Å². The molecule has 0 bridgehead atoms. The summed E-state index contributed by atoms with van der Waals surface area (Å²) < 4.78 is 38.2. The Morgan fingerprint density at radius 3 is 2.11 bits per heavy atom. The van der Waals surface area contributed by atoms with Crippen molar-refractivity contribution in [3.05, 3.63) is 59.7 Å². The zero-order chi connectivity index (χ0) is 13.2. The van der Waals surface area contributed by atoms with Gasteiger partial charge in [0.1, 0.15) is 0 Å². The fraction of sp³-hybridized carbons (Fsp3) is 0.143. The molecular weight excluding hydrogens is 305 g/mol. The smallest absolute Gasteiger partial charge is 0.166 e. The molecular formula is C14H10BrF3. The first-order valence-electron chi connectivity index (χ1n) is 5.34. The Morgan fingerprint density at radius 1 is 0.889 bits per heavy atom. The first kappa shape index (κ1) is 13.1. The van der Waals surface area contributed by atoms with E-state index in [1.165, 1.54) is 6.07 Å². The largest absolute Gasteiger partial charge is 0.416 e. The van der Waals surface area contributed by atoms with Crippen molar-refractivity contribution in [1.29, 1.82) is 0 Å². The van der Waals surface area contributed by atoms with Crippen LogP contribution >= 0.6 is 15.9 Å². The predicted octanol–water partition coefficient (Wildman–Crippen LogP) is 5.27. The maximum atomic E-state index is 12.7. The number of hydrogen-bond acceptors (Lipinski definition) is 0. The van der Waals surface area contributed by atoms with Gasteiger partial charge >= 0.3 is 6.18 Å². The van der Waals surface area contributed by atoms with E-state index in [4.69, 9.17) is 0 Å². The second-order valence-corrected chi connectivity index (χ2v) is 4.43. The SMILES string of the molecule is FC(F)(F)c1ccc(-c2ccccc2)cc1CBr. The van der Waals surface area contributed by atoms with E-state index in [1.807, 2.05) is 30.3 Å². The Morgan fingerprint density at radius 2 is 1.56 bits per heavy atom. The average Bonchev–Trinajstić information content (AvgIpc) is 2.38. The number of hydrogen-bond donors (Lipinski definition) is 0. The van der Waals surface area contributed by atoms with Crippen LogP contribution in [0.2, 0.25) is 0 Å². The van der Waals surface area contributed by atoms with E-state index < -0.39 is 11.7 Å². The van der Waals surface area contributed by atoms with Crippen LogP contribution in [0.25, 0.3) is 11.1 Å². The summed E-state index contributed by atoms with van der Waals surface area (Å²) in [5.41, 5.74) is 1.37.